The molecule has 0 saturated heterocycles. The van der Waals surface area contributed by atoms with E-state index in [1.807, 2.05) is 4.72 Å². The SMILES string of the molecule is O=C(NCC(F)=C1CCCc2cnn(Cc3ccc(C(F)(F)F)cc3)c21)NS(=O)(=O)c1cc2ccccc2s1. The van der Waals surface area contributed by atoms with E-state index in [4.69, 9.17) is 0 Å². The van der Waals surface area contributed by atoms with Gasteiger partial charge >= 0.3 is 12.2 Å². The molecule has 2 aromatic heterocycles. The average molecular weight is 579 g/mol. The van der Waals surface area contributed by atoms with Gasteiger partial charge in [-0.15, -0.1) is 11.3 Å². The van der Waals surface area contributed by atoms with Gasteiger partial charge in [0.1, 0.15) is 10.0 Å². The molecule has 0 bridgehead atoms. The van der Waals surface area contributed by atoms with Crippen LogP contribution < -0.4 is 10.0 Å². The molecule has 39 heavy (non-hydrogen) atoms. The molecule has 5 rings (SSSR count). The topological polar surface area (TPSA) is 93.1 Å². The third kappa shape index (κ3) is 5.83. The van der Waals surface area contributed by atoms with Crippen molar-refractivity contribution < 1.29 is 30.8 Å². The molecule has 1 aliphatic rings. The smallest absolute Gasteiger partial charge is 0.331 e. The third-order valence-corrected chi connectivity index (χ3v) is 9.23. The Morgan fingerprint density at radius 1 is 1.08 bits per heavy atom. The summed E-state index contributed by atoms with van der Waals surface area (Å²) in [6.45, 7) is -0.417. The zero-order valence-corrected chi connectivity index (χ0v) is 21.9. The fourth-order valence-corrected chi connectivity index (χ4v) is 6.78. The number of aryl methyl sites for hydroxylation is 1. The van der Waals surface area contributed by atoms with Gasteiger partial charge in [0.15, 0.2) is 0 Å². The number of amides is 2. The maximum atomic E-state index is 15.3. The molecule has 0 spiro atoms. The first-order valence-corrected chi connectivity index (χ1v) is 14.2. The van der Waals surface area contributed by atoms with Crippen molar-refractivity contribution in [1.29, 1.82) is 0 Å². The highest BCUT2D eigenvalue weighted by Crippen LogP contribution is 2.34. The lowest BCUT2D eigenvalue weighted by Crippen LogP contribution is -2.39. The van der Waals surface area contributed by atoms with E-state index in [2.05, 4.69) is 10.4 Å². The van der Waals surface area contributed by atoms with E-state index in [9.17, 15) is 26.4 Å². The minimum absolute atomic E-state index is 0.0400. The molecule has 0 saturated carbocycles. The van der Waals surface area contributed by atoms with E-state index in [1.165, 1.54) is 22.9 Å². The highest BCUT2D eigenvalue weighted by atomic mass is 32.2. The van der Waals surface area contributed by atoms with Crippen molar-refractivity contribution in [3.63, 3.8) is 0 Å². The number of aromatic nitrogens is 2. The lowest BCUT2D eigenvalue weighted by Gasteiger charge is -2.19. The van der Waals surface area contributed by atoms with Crippen molar-refractivity contribution in [1.82, 2.24) is 19.8 Å². The van der Waals surface area contributed by atoms with Gasteiger partial charge in [-0.05, 0) is 60.0 Å². The van der Waals surface area contributed by atoms with Crippen LogP contribution in [0.15, 0.2) is 70.8 Å². The summed E-state index contributed by atoms with van der Waals surface area (Å²) in [6.07, 6.45) is -1.18. The molecule has 0 fully saturated rings. The third-order valence-electron chi connectivity index (χ3n) is 6.31. The van der Waals surface area contributed by atoms with E-state index in [1.54, 1.807) is 30.5 Å². The summed E-state index contributed by atoms with van der Waals surface area (Å²) in [5.41, 5.74) is 1.41. The number of hydrogen-bond donors (Lipinski definition) is 2. The molecule has 0 radical (unpaired) electrons. The number of halogens is 4. The standard InChI is InChI=1S/C26H22F4N4O3S2/c27-21(14-31-25(35)33-39(36,37)23-12-17-4-1-2-7-22(17)38-23)20-6-3-5-18-13-32-34(24(18)20)15-16-8-10-19(11-9-16)26(28,29)30/h1-2,4,7-13H,3,5-6,14-15H2,(H2,31,33,35). The molecule has 0 aliphatic heterocycles. The summed E-state index contributed by atoms with van der Waals surface area (Å²) in [5.74, 6) is -0.653. The van der Waals surface area contributed by atoms with Crippen molar-refractivity contribution in [2.75, 3.05) is 6.54 Å². The quantitative estimate of drug-likeness (QED) is 0.280. The van der Waals surface area contributed by atoms with Crippen LogP contribution in [0.1, 0.15) is 35.2 Å². The zero-order chi connectivity index (χ0) is 27.8. The number of nitrogens with one attached hydrogen (secondary N) is 2. The van der Waals surface area contributed by atoms with Gasteiger partial charge in [0.25, 0.3) is 10.0 Å². The molecule has 4 aromatic rings. The van der Waals surface area contributed by atoms with Gasteiger partial charge in [-0.25, -0.2) is 22.3 Å². The number of hydrogen-bond acceptors (Lipinski definition) is 5. The molecule has 0 atom stereocenters. The van der Waals surface area contributed by atoms with Gasteiger partial charge in [-0.1, -0.05) is 30.3 Å². The summed E-state index contributed by atoms with van der Waals surface area (Å²) >= 11 is 1.01. The lowest BCUT2D eigenvalue weighted by molar-refractivity contribution is -0.137. The number of benzene rings is 2. The Morgan fingerprint density at radius 2 is 1.82 bits per heavy atom. The number of alkyl halides is 3. The number of carbonyl (C=O) groups excluding carboxylic acids is 1. The molecule has 7 nitrogen and oxygen atoms in total. The van der Waals surface area contributed by atoms with E-state index in [0.717, 1.165) is 39.1 Å². The molecular formula is C26H22F4N4O3S2. The molecule has 2 N–H and O–H groups in total. The molecule has 204 valence electrons. The molecule has 0 unspecified atom stereocenters. The van der Waals surface area contributed by atoms with Gasteiger partial charge in [-0.2, -0.15) is 18.3 Å². The fourth-order valence-electron chi connectivity index (χ4n) is 4.45. The normalized spacial score (nSPS) is 15.2. The van der Waals surface area contributed by atoms with Gasteiger partial charge in [0, 0.05) is 10.3 Å². The maximum Gasteiger partial charge on any atom is 0.416 e. The van der Waals surface area contributed by atoms with Crippen LogP contribution in [-0.2, 0) is 29.2 Å². The highest BCUT2D eigenvalue weighted by Gasteiger charge is 2.30. The molecular weight excluding hydrogens is 556 g/mol. The first-order chi connectivity index (χ1) is 18.5. The van der Waals surface area contributed by atoms with Crippen LogP contribution >= 0.6 is 11.3 Å². The van der Waals surface area contributed by atoms with Crippen LogP contribution in [0.4, 0.5) is 22.4 Å². The van der Waals surface area contributed by atoms with Crippen molar-refractivity contribution >= 4 is 43.1 Å². The summed E-state index contributed by atoms with van der Waals surface area (Å²) in [6, 6.07) is 12.1. The van der Waals surface area contributed by atoms with Crippen LogP contribution in [-0.4, -0.2) is 30.8 Å². The Kier molecular flexibility index (Phi) is 7.21. The lowest BCUT2D eigenvalue weighted by atomic mass is 9.92. The molecule has 2 heterocycles. The number of allylic oxidation sites excluding steroid dienone is 1. The molecule has 1 aliphatic carbocycles. The summed E-state index contributed by atoms with van der Waals surface area (Å²) in [5, 5.41) is 7.29. The molecule has 2 amide bonds. The Labute approximate surface area is 225 Å². The van der Waals surface area contributed by atoms with E-state index < -0.39 is 40.2 Å². The summed E-state index contributed by atoms with van der Waals surface area (Å²) in [4.78, 5) is 12.4. The first kappa shape index (κ1) is 26.9. The number of carbonyl (C=O) groups is 1. The molecule has 2 aromatic carbocycles. The highest BCUT2D eigenvalue weighted by molar-refractivity contribution is 7.92. The van der Waals surface area contributed by atoms with E-state index >= 15 is 4.39 Å². The Balaban J connectivity index is 1.29. The number of sulfonamides is 1. The van der Waals surface area contributed by atoms with Crippen LogP contribution in [0.5, 0.6) is 0 Å². The zero-order valence-electron chi connectivity index (χ0n) is 20.3. The minimum Gasteiger partial charge on any atom is -0.331 e. The van der Waals surface area contributed by atoms with Crippen LogP contribution in [0, 0.1) is 0 Å². The Morgan fingerprint density at radius 3 is 2.54 bits per heavy atom. The van der Waals surface area contributed by atoms with Crippen molar-refractivity contribution in [3.8, 4) is 0 Å². The number of rotatable bonds is 6. The largest absolute Gasteiger partial charge is 0.416 e. The Bertz CT molecular complexity index is 1640. The van der Waals surface area contributed by atoms with Crippen molar-refractivity contribution in [3.05, 3.63) is 89.0 Å². The fraction of sp³-hybridized carbons (Fsp3) is 0.231. The van der Waals surface area contributed by atoms with Crippen LogP contribution in [0.3, 0.4) is 0 Å². The van der Waals surface area contributed by atoms with E-state index in [-0.39, 0.29) is 10.8 Å². The number of urea groups is 1. The average Bonchev–Trinajstić information content (AvgIpc) is 3.52. The van der Waals surface area contributed by atoms with E-state index in [0.29, 0.717) is 36.1 Å². The second-order valence-electron chi connectivity index (χ2n) is 9.00. The summed E-state index contributed by atoms with van der Waals surface area (Å²) < 4.78 is 83.4. The van der Waals surface area contributed by atoms with Gasteiger partial charge in [-0.3, -0.25) is 4.68 Å². The second kappa shape index (κ2) is 10.5. The number of nitrogens with zero attached hydrogens (tertiary/aromatic N) is 2. The minimum atomic E-state index is -4.45. The van der Waals surface area contributed by atoms with Crippen molar-refractivity contribution in [2.45, 2.75) is 36.2 Å². The number of thiophene rings is 1. The molecule has 13 heteroatoms. The second-order valence-corrected chi connectivity index (χ2v) is 12.0. The van der Waals surface area contributed by atoms with Crippen LogP contribution in [0.25, 0.3) is 15.7 Å². The Hall–Kier alpha value is -3.71. The summed E-state index contributed by atoms with van der Waals surface area (Å²) in [7, 11) is -4.15. The van der Waals surface area contributed by atoms with Gasteiger partial charge < -0.3 is 5.32 Å². The maximum absolute atomic E-state index is 15.3. The van der Waals surface area contributed by atoms with Crippen molar-refractivity contribution in [2.24, 2.45) is 0 Å². The predicted octanol–water partition coefficient (Wildman–Crippen LogP) is 5.87. The number of fused-ring (bicyclic) bond motifs is 2. The van der Waals surface area contributed by atoms with Gasteiger partial charge in [0.05, 0.1) is 30.5 Å². The van der Waals surface area contributed by atoms with Crippen LogP contribution in [0.2, 0.25) is 0 Å². The monoisotopic (exact) mass is 578 g/mol. The first-order valence-electron chi connectivity index (χ1n) is 11.9. The van der Waals surface area contributed by atoms with Gasteiger partial charge in [0.2, 0.25) is 0 Å². The predicted molar refractivity (Wildman–Crippen MR) is 139 cm³/mol.